The summed E-state index contributed by atoms with van der Waals surface area (Å²) >= 11 is 1.62. The van der Waals surface area contributed by atoms with Gasteiger partial charge in [0.15, 0.2) is 0 Å². The van der Waals surface area contributed by atoms with Gasteiger partial charge in [-0.1, -0.05) is 18.6 Å². The lowest BCUT2D eigenvalue weighted by Gasteiger charge is -2.25. The number of benzene rings is 2. The second-order valence-corrected chi connectivity index (χ2v) is 8.16. The number of hydrogen-bond acceptors (Lipinski definition) is 4. The first-order chi connectivity index (χ1) is 13.7. The first-order valence-electron chi connectivity index (χ1n) is 9.73. The van der Waals surface area contributed by atoms with Gasteiger partial charge in [0, 0.05) is 17.3 Å². The van der Waals surface area contributed by atoms with Gasteiger partial charge in [-0.2, -0.15) is 0 Å². The zero-order valence-electron chi connectivity index (χ0n) is 15.9. The molecule has 0 bridgehead atoms. The van der Waals surface area contributed by atoms with Crippen molar-refractivity contribution in [2.45, 2.75) is 31.6 Å². The Bertz CT molecular complexity index is 847. The molecule has 2 aromatic carbocycles. The van der Waals surface area contributed by atoms with Crippen molar-refractivity contribution in [1.82, 2.24) is 0 Å². The number of amides is 2. The van der Waals surface area contributed by atoms with Crippen LogP contribution in [-0.4, -0.2) is 24.2 Å². The van der Waals surface area contributed by atoms with E-state index in [0.717, 1.165) is 42.0 Å². The highest BCUT2D eigenvalue weighted by molar-refractivity contribution is 8.00. The van der Waals surface area contributed by atoms with Gasteiger partial charge in [-0.05, 0) is 61.7 Å². The molecule has 1 aliphatic heterocycles. The molecule has 2 aromatic rings. The van der Waals surface area contributed by atoms with Crippen LogP contribution in [0, 0.1) is 5.92 Å². The fourth-order valence-corrected chi connectivity index (χ4v) is 4.64. The Morgan fingerprint density at radius 3 is 2.46 bits per heavy atom. The molecule has 1 saturated carbocycles. The maximum absolute atomic E-state index is 12.5. The van der Waals surface area contributed by atoms with Crippen molar-refractivity contribution in [3.63, 3.8) is 0 Å². The molecule has 1 heterocycles. The van der Waals surface area contributed by atoms with Gasteiger partial charge in [0.2, 0.25) is 11.8 Å². The summed E-state index contributed by atoms with van der Waals surface area (Å²) in [4.78, 5) is 26.5. The Hall–Kier alpha value is -2.47. The second kappa shape index (κ2) is 8.27. The molecular weight excluding hydrogens is 372 g/mol. The molecule has 28 heavy (non-hydrogen) atoms. The van der Waals surface area contributed by atoms with E-state index >= 15 is 0 Å². The number of nitrogens with zero attached hydrogens (tertiary/aromatic N) is 1. The second-order valence-electron chi connectivity index (χ2n) is 7.09. The van der Waals surface area contributed by atoms with Crippen LogP contribution in [0.5, 0.6) is 5.75 Å². The Labute approximate surface area is 169 Å². The van der Waals surface area contributed by atoms with Gasteiger partial charge in [0.1, 0.15) is 11.1 Å². The van der Waals surface area contributed by atoms with Crippen molar-refractivity contribution in [1.29, 1.82) is 0 Å². The molecule has 1 aliphatic carbocycles. The highest BCUT2D eigenvalue weighted by Gasteiger charge is 2.34. The summed E-state index contributed by atoms with van der Waals surface area (Å²) in [5.74, 6) is 1.63. The third-order valence-corrected chi connectivity index (χ3v) is 6.45. The van der Waals surface area contributed by atoms with E-state index in [4.69, 9.17) is 4.74 Å². The summed E-state index contributed by atoms with van der Waals surface area (Å²) in [6, 6.07) is 15.5. The standard InChI is InChI=1S/C22H24N2O3S/c1-2-27-19-12-10-18(11-13-19)24-20(25)14-28-22(24)16-6-8-17(9-7-16)23-21(26)15-4-3-5-15/h6-13,15,22H,2-5,14H2,1H3,(H,23,26)/t22-/m1/s1. The molecule has 0 radical (unpaired) electrons. The van der Waals surface area contributed by atoms with Crippen molar-refractivity contribution in [3.05, 3.63) is 54.1 Å². The molecule has 0 unspecified atom stereocenters. The van der Waals surface area contributed by atoms with Crippen LogP contribution in [0.3, 0.4) is 0 Å². The predicted molar refractivity (Wildman–Crippen MR) is 113 cm³/mol. The quantitative estimate of drug-likeness (QED) is 0.775. The van der Waals surface area contributed by atoms with Crippen LogP contribution in [-0.2, 0) is 9.59 Å². The smallest absolute Gasteiger partial charge is 0.238 e. The summed E-state index contributed by atoms with van der Waals surface area (Å²) in [6.07, 6.45) is 3.12. The molecule has 2 fully saturated rings. The molecule has 0 aromatic heterocycles. The van der Waals surface area contributed by atoms with E-state index in [-0.39, 0.29) is 23.1 Å². The van der Waals surface area contributed by atoms with Crippen LogP contribution in [0.15, 0.2) is 48.5 Å². The van der Waals surface area contributed by atoms with Gasteiger partial charge < -0.3 is 10.1 Å². The van der Waals surface area contributed by atoms with E-state index in [0.29, 0.717) is 12.4 Å². The monoisotopic (exact) mass is 396 g/mol. The minimum absolute atomic E-state index is 0.0678. The molecule has 146 valence electrons. The number of thioether (sulfide) groups is 1. The van der Waals surface area contributed by atoms with Crippen LogP contribution < -0.4 is 15.0 Å². The summed E-state index contributed by atoms with van der Waals surface area (Å²) in [6.45, 7) is 2.56. The molecule has 1 atom stereocenters. The van der Waals surface area contributed by atoms with E-state index in [9.17, 15) is 9.59 Å². The third kappa shape index (κ3) is 3.87. The number of rotatable bonds is 6. The van der Waals surface area contributed by atoms with Crippen molar-refractivity contribution < 1.29 is 14.3 Å². The number of nitrogens with one attached hydrogen (secondary N) is 1. The van der Waals surface area contributed by atoms with Crippen molar-refractivity contribution >= 4 is 35.0 Å². The maximum Gasteiger partial charge on any atom is 0.238 e. The SMILES string of the molecule is CCOc1ccc(N2C(=O)CS[C@@H]2c2ccc(NC(=O)C3CCC3)cc2)cc1. The van der Waals surface area contributed by atoms with Gasteiger partial charge in [-0.3, -0.25) is 14.5 Å². The number of carbonyl (C=O) groups excluding carboxylic acids is 2. The molecule has 4 rings (SSSR count). The number of carbonyl (C=O) groups is 2. The van der Waals surface area contributed by atoms with Crippen LogP contribution >= 0.6 is 11.8 Å². The van der Waals surface area contributed by atoms with Gasteiger partial charge in [-0.25, -0.2) is 0 Å². The normalized spacial score (nSPS) is 19.4. The van der Waals surface area contributed by atoms with Crippen LogP contribution in [0.2, 0.25) is 0 Å². The average molecular weight is 397 g/mol. The molecule has 6 heteroatoms. The zero-order chi connectivity index (χ0) is 19.5. The van der Waals surface area contributed by atoms with Gasteiger partial charge in [0.25, 0.3) is 0 Å². The van der Waals surface area contributed by atoms with E-state index in [2.05, 4.69) is 5.32 Å². The Balaban J connectivity index is 1.48. The predicted octanol–water partition coefficient (Wildman–Crippen LogP) is 4.60. The van der Waals surface area contributed by atoms with Crippen LogP contribution in [0.1, 0.15) is 37.1 Å². The van der Waals surface area contributed by atoms with E-state index in [1.165, 1.54) is 0 Å². The lowest BCUT2D eigenvalue weighted by molar-refractivity contribution is -0.122. The van der Waals surface area contributed by atoms with E-state index in [1.807, 2.05) is 60.4 Å². The van der Waals surface area contributed by atoms with Gasteiger partial charge >= 0.3 is 0 Å². The van der Waals surface area contributed by atoms with Crippen LogP contribution in [0.25, 0.3) is 0 Å². The fraction of sp³-hybridized carbons (Fsp3) is 0.364. The summed E-state index contributed by atoms with van der Waals surface area (Å²) in [5.41, 5.74) is 2.72. The fourth-order valence-electron chi connectivity index (χ4n) is 3.47. The van der Waals surface area contributed by atoms with Crippen molar-refractivity contribution in [2.75, 3.05) is 22.6 Å². The molecule has 1 saturated heterocycles. The average Bonchev–Trinajstić information content (AvgIpc) is 3.03. The zero-order valence-corrected chi connectivity index (χ0v) is 16.7. The van der Waals surface area contributed by atoms with Crippen molar-refractivity contribution in [3.8, 4) is 5.75 Å². The molecule has 1 N–H and O–H groups in total. The third-order valence-electron chi connectivity index (χ3n) is 5.23. The lowest BCUT2D eigenvalue weighted by Crippen LogP contribution is -2.28. The number of anilines is 2. The number of ether oxygens (including phenoxy) is 1. The Morgan fingerprint density at radius 1 is 1.14 bits per heavy atom. The first-order valence-corrected chi connectivity index (χ1v) is 10.8. The molecule has 0 spiro atoms. The minimum atomic E-state index is -0.0678. The molecular formula is C22H24N2O3S. The highest BCUT2D eigenvalue weighted by Crippen LogP contribution is 2.42. The van der Waals surface area contributed by atoms with Crippen LogP contribution in [0.4, 0.5) is 11.4 Å². The Kier molecular flexibility index (Phi) is 5.57. The lowest BCUT2D eigenvalue weighted by atomic mass is 9.85. The molecule has 5 nitrogen and oxygen atoms in total. The largest absolute Gasteiger partial charge is 0.494 e. The highest BCUT2D eigenvalue weighted by atomic mass is 32.2. The van der Waals surface area contributed by atoms with E-state index < -0.39 is 0 Å². The first kappa shape index (κ1) is 18.9. The van der Waals surface area contributed by atoms with E-state index in [1.54, 1.807) is 11.8 Å². The molecule has 2 aliphatic rings. The van der Waals surface area contributed by atoms with Gasteiger partial charge in [0.05, 0.1) is 12.4 Å². The van der Waals surface area contributed by atoms with Gasteiger partial charge in [-0.15, -0.1) is 11.8 Å². The minimum Gasteiger partial charge on any atom is -0.494 e. The van der Waals surface area contributed by atoms with Crippen molar-refractivity contribution in [2.24, 2.45) is 5.92 Å². The molecule has 2 amide bonds. The summed E-state index contributed by atoms with van der Waals surface area (Å²) < 4.78 is 5.49. The summed E-state index contributed by atoms with van der Waals surface area (Å²) in [7, 11) is 0. The Morgan fingerprint density at radius 2 is 1.86 bits per heavy atom. The topological polar surface area (TPSA) is 58.6 Å². The number of hydrogen-bond donors (Lipinski definition) is 1. The summed E-state index contributed by atoms with van der Waals surface area (Å²) in [5, 5.41) is 2.92. The maximum atomic E-state index is 12.5.